The third-order valence-corrected chi connectivity index (χ3v) is 4.55. The topological polar surface area (TPSA) is 29.5 Å². The first kappa shape index (κ1) is 14.3. The lowest BCUT2D eigenvalue weighted by atomic mass is 10.1. The van der Waals surface area contributed by atoms with Crippen LogP contribution in [-0.2, 0) is 4.74 Å². The largest absolute Gasteiger partial charge is 0.372 e. The minimum Gasteiger partial charge on any atom is -0.372 e. The number of nitrogens with zero attached hydrogens (tertiary/aromatic N) is 1. The number of carbonyl (C=O) groups is 1. The maximum atomic E-state index is 12.8. The number of ether oxygens (including phenoxy) is 1. The van der Waals surface area contributed by atoms with Crippen LogP contribution in [0.4, 0.5) is 0 Å². The highest BCUT2D eigenvalue weighted by atomic mass is 32.1. The van der Waals surface area contributed by atoms with Crippen molar-refractivity contribution >= 4 is 17.2 Å². The molecular weight excluding hydrogens is 282 g/mol. The van der Waals surface area contributed by atoms with Crippen molar-refractivity contribution in [2.24, 2.45) is 0 Å². The minimum atomic E-state index is 0.0952. The van der Waals surface area contributed by atoms with Crippen LogP contribution in [0.3, 0.4) is 0 Å². The number of amides is 1. The Morgan fingerprint density at radius 2 is 1.81 bits per heavy atom. The quantitative estimate of drug-likeness (QED) is 0.847. The molecule has 0 bridgehead atoms. The van der Waals surface area contributed by atoms with Crippen molar-refractivity contribution in [2.45, 2.75) is 26.1 Å². The zero-order chi connectivity index (χ0) is 14.8. The predicted octanol–water partition coefficient (Wildman–Crippen LogP) is 3.66. The number of morpholine rings is 1. The van der Waals surface area contributed by atoms with Crippen LogP contribution < -0.4 is 0 Å². The molecule has 4 heteroatoms. The Morgan fingerprint density at radius 3 is 2.48 bits per heavy atom. The molecule has 1 amide bonds. The molecule has 0 saturated carbocycles. The van der Waals surface area contributed by atoms with Gasteiger partial charge in [0.1, 0.15) is 0 Å². The summed E-state index contributed by atoms with van der Waals surface area (Å²) in [5.74, 6) is 0.117. The van der Waals surface area contributed by atoms with Gasteiger partial charge in [-0.25, -0.2) is 0 Å². The second-order valence-electron chi connectivity index (χ2n) is 5.50. The van der Waals surface area contributed by atoms with Gasteiger partial charge in [-0.05, 0) is 30.9 Å². The molecule has 0 unspecified atom stereocenters. The molecule has 1 saturated heterocycles. The molecule has 3 nitrogen and oxygen atoms in total. The molecule has 1 aromatic heterocycles. The van der Waals surface area contributed by atoms with Gasteiger partial charge in [0, 0.05) is 18.7 Å². The molecule has 2 heterocycles. The van der Waals surface area contributed by atoms with E-state index < -0.39 is 0 Å². The van der Waals surface area contributed by atoms with Crippen LogP contribution in [0.2, 0.25) is 0 Å². The summed E-state index contributed by atoms with van der Waals surface area (Å²) in [4.78, 5) is 15.6. The van der Waals surface area contributed by atoms with Gasteiger partial charge in [-0.2, -0.15) is 0 Å². The summed E-state index contributed by atoms with van der Waals surface area (Å²) in [5.41, 5.74) is 2.12. The van der Waals surface area contributed by atoms with E-state index in [1.165, 1.54) is 11.3 Å². The fourth-order valence-electron chi connectivity index (χ4n) is 2.81. The van der Waals surface area contributed by atoms with Gasteiger partial charge >= 0.3 is 0 Å². The molecule has 110 valence electrons. The summed E-state index contributed by atoms with van der Waals surface area (Å²) in [7, 11) is 0. The van der Waals surface area contributed by atoms with Gasteiger partial charge in [-0.15, -0.1) is 11.3 Å². The zero-order valence-electron chi connectivity index (χ0n) is 12.3. The van der Waals surface area contributed by atoms with Crippen molar-refractivity contribution < 1.29 is 9.53 Å². The number of thiophene rings is 1. The molecule has 1 fully saturated rings. The van der Waals surface area contributed by atoms with Crippen molar-refractivity contribution in [3.8, 4) is 11.1 Å². The summed E-state index contributed by atoms with van der Waals surface area (Å²) in [6.45, 7) is 5.36. The number of benzene rings is 1. The fourth-order valence-corrected chi connectivity index (χ4v) is 3.69. The first-order valence-corrected chi connectivity index (χ1v) is 8.10. The molecule has 1 aromatic carbocycles. The summed E-state index contributed by atoms with van der Waals surface area (Å²) in [6.07, 6.45) is 0.190. The van der Waals surface area contributed by atoms with E-state index in [2.05, 4.69) is 0 Å². The Labute approximate surface area is 129 Å². The van der Waals surface area contributed by atoms with Gasteiger partial charge in [-0.1, -0.05) is 30.3 Å². The average molecular weight is 301 g/mol. The van der Waals surface area contributed by atoms with Crippen LogP contribution in [0.15, 0.2) is 41.8 Å². The highest BCUT2D eigenvalue weighted by Gasteiger charge is 2.28. The Bertz CT molecular complexity index is 613. The Balaban J connectivity index is 1.88. The summed E-state index contributed by atoms with van der Waals surface area (Å²) >= 11 is 1.52. The van der Waals surface area contributed by atoms with E-state index in [1.54, 1.807) is 0 Å². The molecule has 0 N–H and O–H groups in total. The van der Waals surface area contributed by atoms with E-state index >= 15 is 0 Å². The summed E-state index contributed by atoms with van der Waals surface area (Å²) in [6, 6.07) is 12.1. The van der Waals surface area contributed by atoms with Crippen LogP contribution in [0.5, 0.6) is 0 Å². The molecule has 3 rings (SSSR count). The first-order valence-electron chi connectivity index (χ1n) is 7.23. The molecule has 0 aliphatic carbocycles. The standard InChI is InChI=1S/C17H19NO2S/c1-12-10-18(11-13(2)20-12)17(19)16-15(8-9-21-16)14-6-4-3-5-7-14/h3-9,12-13H,10-11H2,1-2H3/t12-,13-/m1/s1. The van der Waals surface area contributed by atoms with E-state index in [-0.39, 0.29) is 18.1 Å². The summed E-state index contributed by atoms with van der Waals surface area (Å²) in [5, 5.41) is 1.99. The van der Waals surface area contributed by atoms with Gasteiger partial charge in [0.05, 0.1) is 17.1 Å². The van der Waals surface area contributed by atoms with E-state index in [1.807, 2.05) is 60.5 Å². The van der Waals surface area contributed by atoms with E-state index in [9.17, 15) is 4.79 Å². The maximum absolute atomic E-state index is 12.8. The molecule has 0 radical (unpaired) electrons. The predicted molar refractivity (Wildman–Crippen MR) is 85.7 cm³/mol. The lowest BCUT2D eigenvalue weighted by Gasteiger charge is -2.35. The molecule has 0 spiro atoms. The Kier molecular flexibility index (Phi) is 4.08. The summed E-state index contributed by atoms with van der Waals surface area (Å²) < 4.78 is 5.71. The molecule has 2 aromatic rings. The van der Waals surface area contributed by atoms with Gasteiger partial charge in [0.25, 0.3) is 5.91 Å². The van der Waals surface area contributed by atoms with E-state index in [4.69, 9.17) is 4.74 Å². The minimum absolute atomic E-state index is 0.0952. The van der Waals surface area contributed by atoms with Gasteiger partial charge in [-0.3, -0.25) is 4.79 Å². The lowest BCUT2D eigenvalue weighted by Crippen LogP contribution is -2.48. The highest BCUT2D eigenvalue weighted by Crippen LogP contribution is 2.30. The van der Waals surface area contributed by atoms with Crippen molar-refractivity contribution in [3.05, 3.63) is 46.7 Å². The molecular formula is C17H19NO2S. The SMILES string of the molecule is C[C@@H]1CN(C(=O)c2sccc2-c2ccccc2)C[C@@H](C)O1. The molecule has 21 heavy (non-hydrogen) atoms. The smallest absolute Gasteiger partial charge is 0.264 e. The second kappa shape index (κ2) is 6.00. The third kappa shape index (κ3) is 3.01. The number of hydrogen-bond donors (Lipinski definition) is 0. The van der Waals surface area contributed by atoms with E-state index in [0.29, 0.717) is 13.1 Å². The zero-order valence-corrected chi connectivity index (χ0v) is 13.1. The molecule has 1 aliphatic rings. The third-order valence-electron chi connectivity index (χ3n) is 3.65. The normalized spacial score (nSPS) is 22.3. The lowest BCUT2D eigenvalue weighted by molar-refractivity contribution is -0.0584. The number of rotatable bonds is 2. The molecule has 2 atom stereocenters. The van der Waals surface area contributed by atoms with Crippen LogP contribution in [0.1, 0.15) is 23.5 Å². The van der Waals surface area contributed by atoms with Gasteiger partial charge in [0.2, 0.25) is 0 Å². The van der Waals surface area contributed by atoms with Crippen LogP contribution in [-0.4, -0.2) is 36.1 Å². The number of carbonyl (C=O) groups excluding carboxylic acids is 1. The van der Waals surface area contributed by atoms with Crippen molar-refractivity contribution in [2.75, 3.05) is 13.1 Å². The average Bonchev–Trinajstić information content (AvgIpc) is 2.95. The van der Waals surface area contributed by atoms with Crippen molar-refractivity contribution in [1.82, 2.24) is 4.90 Å². The fraction of sp³-hybridized carbons (Fsp3) is 0.353. The van der Waals surface area contributed by atoms with Gasteiger partial charge in [0.15, 0.2) is 0 Å². The maximum Gasteiger partial charge on any atom is 0.264 e. The molecule has 1 aliphatic heterocycles. The first-order chi connectivity index (χ1) is 10.1. The van der Waals surface area contributed by atoms with Crippen LogP contribution in [0.25, 0.3) is 11.1 Å². The van der Waals surface area contributed by atoms with Crippen LogP contribution in [0, 0.1) is 0 Å². The van der Waals surface area contributed by atoms with Crippen molar-refractivity contribution in [3.63, 3.8) is 0 Å². The Morgan fingerprint density at radius 1 is 1.14 bits per heavy atom. The monoisotopic (exact) mass is 301 g/mol. The number of hydrogen-bond acceptors (Lipinski definition) is 3. The van der Waals surface area contributed by atoms with Gasteiger partial charge < -0.3 is 9.64 Å². The highest BCUT2D eigenvalue weighted by molar-refractivity contribution is 7.12. The Hall–Kier alpha value is -1.65. The van der Waals surface area contributed by atoms with Crippen LogP contribution >= 0.6 is 11.3 Å². The van der Waals surface area contributed by atoms with Crippen molar-refractivity contribution in [1.29, 1.82) is 0 Å². The van der Waals surface area contributed by atoms with E-state index in [0.717, 1.165) is 16.0 Å². The second-order valence-corrected chi connectivity index (χ2v) is 6.41.